The smallest absolute Gasteiger partial charge is 0.262 e. The maximum Gasteiger partial charge on any atom is 0.262 e. The third-order valence-corrected chi connectivity index (χ3v) is 3.56. The number of furan rings is 1. The van der Waals surface area contributed by atoms with E-state index in [4.69, 9.17) is 10.2 Å². The topological polar surface area (TPSA) is 59.5 Å². The second kappa shape index (κ2) is 5.41. The molecule has 1 amide bonds. The molecule has 0 aliphatic carbocycles. The van der Waals surface area contributed by atoms with Crippen LogP contribution in [0.25, 0.3) is 0 Å². The number of amides is 1. The molecule has 0 unspecified atom stereocenters. The summed E-state index contributed by atoms with van der Waals surface area (Å²) in [6.45, 7) is 8.07. The lowest BCUT2D eigenvalue weighted by molar-refractivity contribution is 0.0986. The molecule has 0 atom stereocenters. The predicted molar refractivity (Wildman–Crippen MR) is 81.1 cm³/mol. The van der Waals surface area contributed by atoms with E-state index in [1.54, 1.807) is 11.0 Å². The second-order valence-electron chi connectivity index (χ2n) is 4.82. The molecule has 0 fully saturated rings. The average molecular weight is 272 g/mol. The molecule has 106 valence electrons. The van der Waals surface area contributed by atoms with Gasteiger partial charge in [0.2, 0.25) is 0 Å². The quantitative estimate of drug-likeness (QED) is 0.870. The number of para-hydroxylation sites is 2. The summed E-state index contributed by atoms with van der Waals surface area (Å²) >= 11 is 0. The van der Waals surface area contributed by atoms with Crippen molar-refractivity contribution in [2.75, 3.05) is 17.2 Å². The maximum atomic E-state index is 12.8. The number of carbonyl (C=O) groups excluding carboxylic acids is 1. The second-order valence-corrected chi connectivity index (χ2v) is 4.82. The molecule has 0 spiro atoms. The zero-order valence-corrected chi connectivity index (χ0v) is 12.4. The summed E-state index contributed by atoms with van der Waals surface area (Å²) in [5, 5.41) is 0. The van der Waals surface area contributed by atoms with Crippen molar-refractivity contribution in [2.24, 2.45) is 0 Å². The van der Waals surface area contributed by atoms with Crippen LogP contribution in [-0.4, -0.2) is 12.5 Å². The van der Waals surface area contributed by atoms with Gasteiger partial charge in [0.05, 0.1) is 16.9 Å². The van der Waals surface area contributed by atoms with Crippen molar-refractivity contribution in [2.45, 2.75) is 27.7 Å². The lowest BCUT2D eigenvalue weighted by Crippen LogP contribution is -2.32. The standard InChI is InChI=1S/C16H20N2O2/c1-5-18(14-9-7-6-8-13(14)17)16(19)15-10(2)11(3)20-12(15)4/h6-9H,5,17H2,1-4H3. The summed E-state index contributed by atoms with van der Waals surface area (Å²) in [5.41, 5.74) is 8.83. The summed E-state index contributed by atoms with van der Waals surface area (Å²) in [4.78, 5) is 14.5. The molecule has 4 heteroatoms. The van der Waals surface area contributed by atoms with Gasteiger partial charge in [-0.05, 0) is 39.8 Å². The van der Waals surface area contributed by atoms with Crippen LogP contribution in [-0.2, 0) is 0 Å². The molecule has 2 rings (SSSR count). The molecule has 1 aromatic heterocycles. The van der Waals surface area contributed by atoms with Gasteiger partial charge in [0.15, 0.2) is 0 Å². The van der Waals surface area contributed by atoms with Crippen molar-refractivity contribution >= 4 is 17.3 Å². The molecule has 0 saturated heterocycles. The predicted octanol–water partition coefficient (Wildman–Crippen LogP) is 3.45. The number of hydrogen-bond donors (Lipinski definition) is 1. The van der Waals surface area contributed by atoms with E-state index in [2.05, 4.69) is 0 Å². The van der Waals surface area contributed by atoms with Crippen LogP contribution < -0.4 is 10.6 Å². The normalized spacial score (nSPS) is 10.6. The Bertz CT molecular complexity index is 644. The minimum Gasteiger partial charge on any atom is -0.466 e. The Balaban J connectivity index is 2.47. The fourth-order valence-electron chi connectivity index (χ4n) is 2.40. The summed E-state index contributed by atoms with van der Waals surface area (Å²) in [5.74, 6) is 1.36. The fraction of sp³-hybridized carbons (Fsp3) is 0.312. The number of nitrogens with two attached hydrogens (primary N) is 1. The van der Waals surface area contributed by atoms with Crippen molar-refractivity contribution in [1.82, 2.24) is 0 Å². The van der Waals surface area contributed by atoms with E-state index in [1.165, 1.54) is 0 Å². The molecular formula is C16H20N2O2. The Morgan fingerprint density at radius 1 is 1.20 bits per heavy atom. The average Bonchev–Trinajstić information content (AvgIpc) is 2.66. The first-order valence-corrected chi connectivity index (χ1v) is 6.70. The summed E-state index contributed by atoms with van der Waals surface area (Å²) in [7, 11) is 0. The molecule has 0 saturated carbocycles. The maximum absolute atomic E-state index is 12.8. The van der Waals surface area contributed by atoms with Gasteiger partial charge in [-0.25, -0.2) is 0 Å². The first-order chi connectivity index (χ1) is 9.47. The van der Waals surface area contributed by atoms with E-state index in [0.717, 1.165) is 17.0 Å². The molecule has 1 aromatic carbocycles. The van der Waals surface area contributed by atoms with Gasteiger partial charge in [0, 0.05) is 12.1 Å². The van der Waals surface area contributed by atoms with Gasteiger partial charge in [-0.15, -0.1) is 0 Å². The van der Waals surface area contributed by atoms with Gasteiger partial charge in [-0.1, -0.05) is 12.1 Å². The Morgan fingerprint density at radius 3 is 2.35 bits per heavy atom. The Morgan fingerprint density at radius 2 is 1.85 bits per heavy atom. The van der Waals surface area contributed by atoms with E-state index in [-0.39, 0.29) is 5.91 Å². The van der Waals surface area contributed by atoms with Crippen LogP contribution in [0.3, 0.4) is 0 Å². The number of nitrogen functional groups attached to an aromatic ring is 1. The van der Waals surface area contributed by atoms with Crippen molar-refractivity contribution < 1.29 is 9.21 Å². The minimum absolute atomic E-state index is 0.0720. The Labute approximate surface area is 119 Å². The molecular weight excluding hydrogens is 252 g/mol. The van der Waals surface area contributed by atoms with E-state index in [0.29, 0.717) is 23.6 Å². The van der Waals surface area contributed by atoms with Crippen LogP contribution in [0.2, 0.25) is 0 Å². The molecule has 0 aliphatic heterocycles. The highest BCUT2D eigenvalue weighted by Gasteiger charge is 2.24. The molecule has 0 bridgehead atoms. The van der Waals surface area contributed by atoms with Gasteiger partial charge in [-0.2, -0.15) is 0 Å². The van der Waals surface area contributed by atoms with Gasteiger partial charge in [-0.3, -0.25) is 4.79 Å². The monoisotopic (exact) mass is 272 g/mol. The Hall–Kier alpha value is -2.23. The highest BCUT2D eigenvalue weighted by molar-refractivity contribution is 6.09. The van der Waals surface area contributed by atoms with Crippen LogP contribution in [0.4, 0.5) is 11.4 Å². The fourth-order valence-corrected chi connectivity index (χ4v) is 2.40. The number of rotatable bonds is 3. The summed E-state index contributed by atoms with van der Waals surface area (Å²) in [6.07, 6.45) is 0. The van der Waals surface area contributed by atoms with E-state index >= 15 is 0 Å². The van der Waals surface area contributed by atoms with Crippen LogP contribution in [0, 0.1) is 20.8 Å². The van der Waals surface area contributed by atoms with Crippen LogP contribution in [0.15, 0.2) is 28.7 Å². The van der Waals surface area contributed by atoms with Crippen LogP contribution in [0.5, 0.6) is 0 Å². The minimum atomic E-state index is -0.0720. The van der Waals surface area contributed by atoms with E-state index in [1.807, 2.05) is 45.9 Å². The zero-order valence-electron chi connectivity index (χ0n) is 12.4. The van der Waals surface area contributed by atoms with E-state index in [9.17, 15) is 4.79 Å². The molecule has 0 aliphatic rings. The van der Waals surface area contributed by atoms with Crippen molar-refractivity contribution in [1.29, 1.82) is 0 Å². The first kappa shape index (κ1) is 14.2. The third kappa shape index (κ3) is 2.29. The Kier molecular flexibility index (Phi) is 3.84. The number of benzene rings is 1. The van der Waals surface area contributed by atoms with Crippen molar-refractivity contribution in [3.8, 4) is 0 Å². The third-order valence-electron chi connectivity index (χ3n) is 3.56. The number of hydrogen-bond acceptors (Lipinski definition) is 3. The molecule has 2 N–H and O–H groups in total. The molecule has 4 nitrogen and oxygen atoms in total. The highest BCUT2D eigenvalue weighted by atomic mass is 16.3. The summed E-state index contributed by atoms with van der Waals surface area (Å²) in [6, 6.07) is 7.39. The van der Waals surface area contributed by atoms with Gasteiger partial charge < -0.3 is 15.1 Å². The van der Waals surface area contributed by atoms with Crippen molar-refractivity contribution in [3.05, 3.63) is 46.9 Å². The first-order valence-electron chi connectivity index (χ1n) is 6.70. The molecule has 2 aromatic rings. The number of aryl methyl sites for hydroxylation is 2. The molecule has 0 radical (unpaired) electrons. The lowest BCUT2D eigenvalue weighted by Gasteiger charge is -2.22. The van der Waals surface area contributed by atoms with Gasteiger partial charge >= 0.3 is 0 Å². The SMILES string of the molecule is CCN(C(=O)c1c(C)oc(C)c1C)c1ccccc1N. The molecule has 1 heterocycles. The number of anilines is 2. The number of nitrogens with zero attached hydrogens (tertiary/aromatic N) is 1. The largest absolute Gasteiger partial charge is 0.466 e. The number of carbonyl (C=O) groups is 1. The lowest BCUT2D eigenvalue weighted by atomic mass is 10.1. The highest BCUT2D eigenvalue weighted by Crippen LogP contribution is 2.28. The van der Waals surface area contributed by atoms with Crippen LogP contribution in [0.1, 0.15) is 34.4 Å². The molecule has 20 heavy (non-hydrogen) atoms. The summed E-state index contributed by atoms with van der Waals surface area (Å²) < 4.78 is 5.55. The van der Waals surface area contributed by atoms with Crippen molar-refractivity contribution in [3.63, 3.8) is 0 Å². The van der Waals surface area contributed by atoms with E-state index < -0.39 is 0 Å². The zero-order chi connectivity index (χ0) is 14.9. The van der Waals surface area contributed by atoms with Gasteiger partial charge in [0.1, 0.15) is 11.5 Å². The van der Waals surface area contributed by atoms with Gasteiger partial charge in [0.25, 0.3) is 5.91 Å². The van der Waals surface area contributed by atoms with Crippen LogP contribution >= 0.6 is 0 Å².